The van der Waals surface area contributed by atoms with Crippen molar-refractivity contribution >= 4 is 5.91 Å². The van der Waals surface area contributed by atoms with Gasteiger partial charge in [0.1, 0.15) is 0 Å². The molecule has 0 bridgehead atoms. The van der Waals surface area contributed by atoms with Gasteiger partial charge in [-0.1, -0.05) is 26.2 Å². The van der Waals surface area contributed by atoms with Gasteiger partial charge >= 0.3 is 0 Å². The fourth-order valence-electron chi connectivity index (χ4n) is 2.56. The fraction of sp³-hybridized carbons (Fsp3) is 0.929. The lowest BCUT2D eigenvalue weighted by Gasteiger charge is -2.31. The van der Waals surface area contributed by atoms with Crippen molar-refractivity contribution in [1.82, 2.24) is 10.2 Å². The van der Waals surface area contributed by atoms with Gasteiger partial charge in [-0.15, -0.1) is 0 Å². The number of hydrogen-bond acceptors (Lipinski definition) is 3. The predicted molar refractivity (Wildman–Crippen MR) is 75.4 cm³/mol. The van der Waals surface area contributed by atoms with Gasteiger partial charge in [-0.2, -0.15) is 0 Å². The molecule has 1 rings (SSSR count). The van der Waals surface area contributed by atoms with Crippen molar-refractivity contribution in [2.75, 3.05) is 20.1 Å². The molecule has 106 valence electrons. The second-order valence-electron chi connectivity index (χ2n) is 5.43. The Bertz CT molecular complexity index is 239. The highest BCUT2D eigenvalue weighted by Crippen LogP contribution is 2.21. The van der Waals surface area contributed by atoms with Crippen molar-refractivity contribution < 1.29 is 4.79 Å². The van der Waals surface area contributed by atoms with Crippen LogP contribution in [0.4, 0.5) is 0 Å². The van der Waals surface area contributed by atoms with E-state index in [0.29, 0.717) is 6.42 Å². The highest BCUT2D eigenvalue weighted by Gasteiger charge is 2.17. The summed E-state index contributed by atoms with van der Waals surface area (Å²) in [5.74, 6) is -0.0159. The first kappa shape index (κ1) is 15.4. The van der Waals surface area contributed by atoms with E-state index in [-0.39, 0.29) is 11.9 Å². The van der Waals surface area contributed by atoms with E-state index >= 15 is 0 Å². The molecule has 0 aromatic rings. The van der Waals surface area contributed by atoms with Crippen molar-refractivity contribution in [3.63, 3.8) is 0 Å². The second-order valence-corrected chi connectivity index (χ2v) is 5.43. The molecule has 0 saturated heterocycles. The number of hydrogen-bond donors (Lipinski definition) is 2. The van der Waals surface area contributed by atoms with Crippen molar-refractivity contribution in [3.8, 4) is 0 Å². The highest BCUT2D eigenvalue weighted by molar-refractivity contribution is 5.81. The lowest BCUT2D eigenvalue weighted by atomic mass is 9.94. The molecule has 1 atom stereocenters. The van der Waals surface area contributed by atoms with E-state index in [1.807, 2.05) is 6.92 Å². The van der Waals surface area contributed by atoms with Gasteiger partial charge in [0.15, 0.2) is 0 Å². The van der Waals surface area contributed by atoms with Gasteiger partial charge in [0.05, 0.1) is 6.04 Å². The van der Waals surface area contributed by atoms with Crippen LogP contribution in [0.5, 0.6) is 0 Å². The molecule has 1 aliphatic carbocycles. The Hall–Kier alpha value is -0.610. The molecular weight excluding hydrogens is 226 g/mol. The van der Waals surface area contributed by atoms with Gasteiger partial charge in [0.2, 0.25) is 5.91 Å². The monoisotopic (exact) mass is 255 g/mol. The van der Waals surface area contributed by atoms with Gasteiger partial charge in [0, 0.05) is 12.6 Å². The number of nitrogens with two attached hydrogens (primary N) is 1. The van der Waals surface area contributed by atoms with E-state index in [1.165, 1.54) is 32.1 Å². The summed E-state index contributed by atoms with van der Waals surface area (Å²) < 4.78 is 0. The van der Waals surface area contributed by atoms with Crippen molar-refractivity contribution in [1.29, 1.82) is 0 Å². The smallest absolute Gasteiger partial charge is 0.236 e. The lowest BCUT2D eigenvalue weighted by molar-refractivity contribution is -0.122. The highest BCUT2D eigenvalue weighted by atomic mass is 16.2. The third kappa shape index (κ3) is 5.36. The number of nitrogens with zero attached hydrogens (tertiary/aromatic N) is 1. The quantitative estimate of drug-likeness (QED) is 0.678. The topological polar surface area (TPSA) is 58.4 Å². The third-order valence-corrected chi connectivity index (χ3v) is 3.96. The summed E-state index contributed by atoms with van der Waals surface area (Å²) in [5, 5.41) is 2.90. The maximum atomic E-state index is 11.5. The van der Waals surface area contributed by atoms with Crippen LogP contribution < -0.4 is 11.1 Å². The van der Waals surface area contributed by atoms with Crippen LogP contribution in [0.3, 0.4) is 0 Å². The maximum absolute atomic E-state index is 11.5. The van der Waals surface area contributed by atoms with Gasteiger partial charge in [0.25, 0.3) is 0 Å². The summed E-state index contributed by atoms with van der Waals surface area (Å²) in [5.41, 5.74) is 5.65. The maximum Gasteiger partial charge on any atom is 0.236 e. The standard InChI is InChI=1S/C14H29N3O/c1-3-13(15)14(18)16-10-7-11-17(2)12-8-5-4-6-9-12/h12-13H,3-11,15H2,1-2H3,(H,16,18). The molecule has 4 nitrogen and oxygen atoms in total. The average Bonchev–Trinajstić information content (AvgIpc) is 2.43. The number of nitrogens with one attached hydrogen (secondary N) is 1. The molecule has 0 aromatic carbocycles. The van der Waals surface area contributed by atoms with Crippen molar-refractivity contribution in [2.45, 2.75) is 64.0 Å². The molecule has 1 saturated carbocycles. The van der Waals surface area contributed by atoms with Gasteiger partial charge in [-0.25, -0.2) is 0 Å². The molecule has 0 aliphatic heterocycles. The van der Waals surface area contributed by atoms with Crippen LogP contribution in [0, 0.1) is 0 Å². The summed E-state index contributed by atoms with van der Waals surface area (Å²) in [6.45, 7) is 3.73. The Labute approximate surface area is 111 Å². The van der Waals surface area contributed by atoms with Crippen LogP contribution in [0.2, 0.25) is 0 Å². The summed E-state index contributed by atoms with van der Waals surface area (Å²) in [6, 6.07) is 0.411. The Morgan fingerprint density at radius 3 is 2.67 bits per heavy atom. The zero-order chi connectivity index (χ0) is 13.4. The Balaban J connectivity index is 2.08. The summed E-state index contributed by atoms with van der Waals surface area (Å²) in [4.78, 5) is 13.9. The van der Waals surface area contributed by atoms with Crippen LogP contribution in [0.1, 0.15) is 51.9 Å². The largest absolute Gasteiger partial charge is 0.355 e. The predicted octanol–water partition coefficient (Wildman–Crippen LogP) is 1.49. The molecule has 0 spiro atoms. The van der Waals surface area contributed by atoms with Crippen LogP contribution in [-0.2, 0) is 4.79 Å². The third-order valence-electron chi connectivity index (χ3n) is 3.96. The first-order valence-corrected chi connectivity index (χ1v) is 7.38. The molecule has 0 radical (unpaired) electrons. The zero-order valence-electron chi connectivity index (χ0n) is 12.0. The van der Waals surface area contributed by atoms with Crippen LogP contribution in [-0.4, -0.2) is 43.0 Å². The van der Waals surface area contributed by atoms with E-state index in [2.05, 4.69) is 17.3 Å². The number of amides is 1. The van der Waals surface area contributed by atoms with Crippen LogP contribution in [0.25, 0.3) is 0 Å². The van der Waals surface area contributed by atoms with Gasteiger partial charge in [-0.05, 0) is 39.3 Å². The van der Waals surface area contributed by atoms with E-state index in [0.717, 1.165) is 25.6 Å². The molecule has 1 fully saturated rings. The van der Waals surface area contributed by atoms with Gasteiger partial charge in [-0.3, -0.25) is 4.79 Å². The first-order chi connectivity index (χ1) is 8.65. The van der Waals surface area contributed by atoms with Crippen molar-refractivity contribution in [2.24, 2.45) is 5.73 Å². The van der Waals surface area contributed by atoms with E-state index in [4.69, 9.17) is 5.73 Å². The first-order valence-electron chi connectivity index (χ1n) is 7.38. The molecule has 1 unspecified atom stereocenters. The van der Waals surface area contributed by atoms with E-state index < -0.39 is 0 Å². The van der Waals surface area contributed by atoms with Crippen molar-refractivity contribution in [3.05, 3.63) is 0 Å². The summed E-state index contributed by atoms with van der Waals surface area (Å²) in [6.07, 6.45) is 8.53. The average molecular weight is 255 g/mol. The van der Waals surface area contributed by atoms with E-state index in [1.54, 1.807) is 0 Å². The molecular formula is C14H29N3O. The van der Waals surface area contributed by atoms with Crippen LogP contribution >= 0.6 is 0 Å². The summed E-state index contributed by atoms with van der Waals surface area (Å²) in [7, 11) is 2.20. The minimum Gasteiger partial charge on any atom is -0.355 e. The second kappa shape index (κ2) is 8.48. The fourth-order valence-corrected chi connectivity index (χ4v) is 2.56. The number of rotatable bonds is 7. The number of carbonyl (C=O) groups is 1. The summed E-state index contributed by atoms with van der Waals surface area (Å²) >= 11 is 0. The molecule has 18 heavy (non-hydrogen) atoms. The Kier molecular flexibility index (Phi) is 7.28. The van der Waals surface area contributed by atoms with Crippen LogP contribution in [0.15, 0.2) is 0 Å². The normalized spacial score (nSPS) is 18.9. The zero-order valence-corrected chi connectivity index (χ0v) is 12.0. The molecule has 3 N–H and O–H groups in total. The number of carbonyl (C=O) groups excluding carboxylic acids is 1. The molecule has 0 aromatic heterocycles. The Morgan fingerprint density at radius 2 is 2.06 bits per heavy atom. The molecule has 0 heterocycles. The van der Waals surface area contributed by atoms with Gasteiger partial charge < -0.3 is 16.0 Å². The lowest BCUT2D eigenvalue weighted by Crippen LogP contribution is -2.41. The molecule has 4 heteroatoms. The minimum atomic E-state index is -0.346. The SMILES string of the molecule is CCC(N)C(=O)NCCCN(C)C1CCCCC1. The van der Waals surface area contributed by atoms with E-state index in [9.17, 15) is 4.79 Å². The Morgan fingerprint density at radius 1 is 1.39 bits per heavy atom. The molecule has 1 amide bonds. The molecule has 1 aliphatic rings. The minimum absolute atomic E-state index is 0.0159.